The summed E-state index contributed by atoms with van der Waals surface area (Å²) in [5.74, 6) is 0. The van der Waals surface area contributed by atoms with Gasteiger partial charge >= 0.3 is 8.80 Å². The summed E-state index contributed by atoms with van der Waals surface area (Å²) in [6.45, 7) is 11.7. The molecular weight excluding hydrogens is 248 g/mol. The van der Waals surface area contributed by atoms with Gasteiger partial charge in [-0.25, -0.2) is 0 Å². The molecule has 0 rings (SSSR count). The van der Waals surface area contributed by atoms with Crippen molar-refractivity contribution in [2.45, 2.75) is 59.3 Å². The van der Waals surface area contributed by atoms with Crippen LogP contribution in [-0.4, -0.2) is 40.5 Å². The maximum absolute atomic E-state index is 5.90. The summed E-state index contributed by atoms with van der Waals surface area (Å²) in [4.78, 5) is 0. The Bertz CT molecular complexity index is 189. The standard InChI is InChI=1S/C12H30N2O3Si/c1-6-10-12(14-11(5)13)18(15-7-2,16-8-3)17-9-4/h11-12,14H,6-10,13H2,1-5H3. The molecule has 0 aliphatic rings. The molecule has 0 spiro atoms. The van der Waals surface area contributed by atoms with Crippen LogP contribution in [0.15, 0.2) is 0 Å². The van der Waals surface area contributed by atoms with E-state index in [0.717, 1.165) is 12.8 Å². The lowest BCUT2D eigenvalue weighted by Crippen LogP contribution is -2.64. The Morgan fingerprint density at radius 1 is 1.00 bits per heavy atom. The summed E-state index contributed by atoms with van der Waals surface area (Å²) in [5, 5.41) is 3.34. The monoisotopic (exact) mass is 278 g/mol. The molecule has 0 aliphatic carbocycles. The van der Waals surface area contributed by atoms with Crippen molar-refractivity contribution in [3.8, 4) is 0 Å². The molecule has 0 radical (unpaired) electrons. The molecule has 6 heteroatoms. The van der Waals surface area contributed by atoms with E-state index in [-0.39, 0.29) is 11.8 Å². The fourth-order valence-electron chi connectivity index (χ4n) is 2.00. The largest absolute Gasteiger partial charge is 0.518 e. The van der Waals surface area contributed by atoms with Crippen molar-refractivity contribution in [3.05, 3.63) is 0 Å². The molecule has 0 aromatic carbocycles. The molecule has 3 N–H and O–H groups in total. The number of hydrogen-bond acceptors (Lipinski definition) is 5. The Kier molecular flexibility index (Phi) is 9.89. The zero-order valence-electron chi connectivity index (χ0n) is 12.5. The van der Waals surface area contributed by atoms with E-state index >= 15 is 0 Å². The number of nitrogens with two attached hydrogens (primary N) is 1. The van der Waals surface area contributed by atoms with Gasteiger partial charge in [-0.2, -0.15) is 0 Å². The second kappa shape index (κ2) is 9.88. The average Bonchev–Trinajstić information content (AvgIpc) is 2.29. The molecule has 0 aromatic heterocycles. The van der Waals surface area contributed by atoms with Crippen LogP contribution in [-0.2, 0) is 13.3 Å². The Hall–Kier alpha value is 0.0169. The first-order valence-electron chi connectivity index (χ1n) is 6.99. The van der Waals surface area contributed by atoms with E-state index in [0.29, 0.717) is 19.8 Å². The van der Waals surface area contributed by atoms with Gasteiger partial charge in [0.25, 0.3) is 0 Å². The molecule has 2 unspecified atom stereocenters. The molecule has 0 fully saturated rings. The van der Waals surface area contributed by atoms with E-state index in [4.69, 9.17) is 19.0 Å². The second-order valence-electron chi connectivity index (χ2n) is 4.20. The van der Waals surface area contributed by atoms with Crippen LogP contribution in [0.3, 0.4) is 0 Å². The normalized spacial score (nSPS) is 15.7. The third kappa shape index (κ3) is 5.77. The highest BCUT2D eigenvalue weighted by Gasteiger charge is 2.49. The van der Waals surface area contributed by atoms with Gasteiger partial charge < -0.3 is 19.0 Å². The minimum atomic E-state index is -2.70. The molecule has 0 amide bonds. The van der Waals surface area contributed by atoms with Crippen molar-refractivity contribution in [2.24, 2.45) is 5.73 Å². The van der Waals surface area contributed by atoms with Crippen molar-refractivity contribution in [3.63, 3.8) is 0 Å². The highest BCUT2D eigenvalue weighted by atomic mass is 28.4. The third-order valence-electron chi connectivity index (χ3n) is 2.50. The van der Waals surface area contributed by atoms with Crippen molar-refractivity contribution < 1.29 is 13.3 Å². The smallest absolute Gasteiger partial charge is 0.373 e. The van der Waals surface area contributed by atoms with Crippen LogP contribution >= 0.6 is 0 Å². The van der Waals surface area contributed by atoms with Gasteiger partial charge in [-0.3, -0.25) is 5.32 Å². The van der Waals surface area contributed by atoms with Crippen LogP contribution in [0, 0.1) is 0 Å². The lowest BCUT2D eigenvalue weighted by atomic mass is 10.3. The van der Waals surface area contributed by atoms with Crippen LogP contribution in [0.5, 0.6) is 0 Å². The minimum Gasteiger partial charge on any atom is -0.373 e. The second-order valence-corrected chi connectivity index (χ2v) is 6.97. The van der Waals surface area contributed by atoms with Crippen molar-refractivity contribution in [1.82, 2.24) is 5.32 Å². The molecule has 0 aromatic rings. The van der Waals surface area contributed by atoms with Crippen LogP contribution in [0.2, 0.25) is 0 Å². The van der Waals surface area contributed by atoms with E-state index < -0.39 is 8.80 Å². The van der Waals surface area contributed by atoms with Crippen molar-refractivity contribution >= 4 is 8.80 Å². The molecule has 0 aliphatic heterocycles. The first-order chi connectivity index (χ1) is 8.56. The van der Waals surface area contributed by atoms with Crippen LogP contribution < -0.4 is 11.1 Å². The van der Waals surface area contributed by atoms with Gasteiger partial charge in [0, 0.05) is 19.8 Å². The molecule has 0 saturated carbocycles. The summed E-state index contributed by atoms with van der Waals surface area (Å²) in [7, 11) is -2.70. The number of rotatable bonds is 11. The van der Waals surface area contributed by atoms with Gasteiger partial charge in [0.15, 0.2) is 0 Å². The van der Waals surface area contributed by atoms with E-state index in [1.54, 1.807) is 0 Å². The lowest BCUT2D eigenvalue weighted by molar-refractivity contribution is 0.0553. The maximum atomic E-state index is 5.90. The predicted octanol–water partition coefficient (Wildman–Crippen LogP) is 1.64. The summed E-state index contributed by atoms with van der Waals surface area (Å²) in [5.41, 5.74) is 5.91. The van der Waals surface area contributed by atoms with Crippen LogP contribution in [0.4, 0.5) is 0 Å². The molecule has 18 heavy (non-hydrogen) atoms. The maximum Gasteiger partial charge on any atom is 0.518 e. The summed E-state index contributed by atoms with van der Waals surface area (Å²) < 4.78 is 17.7. The number of hydrogen-bond donors (Lipinski definition) is 2. The molecule has 0 bridgehead atoms. The van der Waals surface area contributed by atoms with Gasteiger partial charge in [0.05, 0.1) is 11.8 Å². The highest BCUT2D eigenvalue weighted by Crippen LogP contribution is 2.19. The Labute approximate surface area is 113 Å². The molecule has 2 atom stereocenters. The van der Waals surface area contributed by atoms with Gasteiger partial charge in [0.1, 0.15) is 0 Å². The molecule has 5 nitrogen and oxygen atoms in total. The average molecular weight is 278 g/mol. The van der Waals surface area contributed by atoms with Crippen LogP contribution in [0.25, 0.3) is 0 Å². The first-order valence-corrected chi connectivity index (χ1v) is 8.79. The fraction of sp³-hybridized carbons (Fsp3) is 1.00. The van der Waals surface area contributed by atoms with E-state index in [1.165, 1.54) is 0 Å². The molecular formula is C12H30N2O3Si. The van der Waals surface area contributed by atoms with Crippen LogP contribution in [0.1, 0.15) is 47.5 Å². The third-order valence-corrected chi connectivity index (χ3v) is 5.89. The lowest BCUT2D eigenvalue weighted by Gasteiger charge is -2.36. The molecule has 110 valence electrons. The van der Waals surface area contributed by atoms with Crippen molar-refractivity contribution in [2.75, 3.05) is 19.8 Å². The zero-order chi connectivity index (χ0) is 14.0. The topological polar surface area (TPSA) is 65.7 Å². The van der Waals surface area contributed by atoms with Gasteiger partial charge in [-0.1, -0.05) is 13.3 Å². The van der Waals surface area contributed by atoms with E-state index in [2.05, 4.69) is 12.2 Å². The van der Waals surface area contributed by atoms with E-state index in [1.807, 2.05) is 27.7 Å². The minimum absolute atomic E-state index is 0.0577. The Morgan fingerprint density at radius 3 is 1.72 bits per heavy atom. The molecule has 0 heterocycles. The zero-order valence-corrected chi connectivity index (χ0v) is 13.5. The Morgan fingerprint density at radius 2 is 1.44 bits per heavy atom. The predicted molar refractivity (Wildman–Crippen MR) is 76.1 cm³/mol. The van der Waals surface area contributed by atoms with Gasteiger partial charge in [0.2, 0.25) is 0 Å². The van der Waals surface area contributed by atoms with E-state index in [9.17, 15) is 0 Å². The SMILES string of the molecule is CCCC(NC(C)N)[Si](OCC)(OCC)OCC. The first kappa shape index (κ1) is 18.0. The fourth-order valence-corrected chi connectivity index (χ4v) is 5.17. The Balaban J connectivity index is 5.00. The van der Waals surface area contributed by atoms with Gasteiger partial charge in [-0.05, 0) is 34.1 Å². The number of nitrogens with one attached hydrogen (secondary N) is 1. The molecule has 0 saturated heterocycles. The summed E-state index contributed by atoms with van der Waals surface area (Å²) in [6, 6.07) is 0. The quantitative estimate of drug-likeness (QED) is 0.444. The summed E-state index contributed by atoms with van der Waals surface area (Å²) >= 11 is 0. The van der Waals surface area contributed by atoms with Crippen molar-refractivity contribution in [1.29, 1.82) is 0 Å². The highest BCUT2D eigenvalue weighted by molar-refractivity contribution is 6.62. The summed E-state index contributed by atoms with van der Waals surface area (Å²) in [6.07, 6.45) is 1.87. The van der Waals surface area contributed by atoms with Gasteiger partial charge in [-0.15, -0.1) is 0 Å².